The van der Waals surface area contributed by atoms with Crippen molar-refractivity contribution in [1.82, 2.24) is 0 Å². The van der Waals surface area contributed by atoms with Gasteiger partial charge in [-0.25, -0.2) is 0 Å². The molecule has 0 aliphatic heterocycles. The number of carbonyl (C=O) groups excluding carboxylic acids is 1. The molecule has 0 aromatic carbocycles. The van der Waals surface area contributed by atoms with Crippen LogP contribution in [0.25, 0.3) is 0 Å². The van der Waals surface area contributed by atoms with Gasteiger partial charge in [-0.1, -0.05) is 6.92 Å². The zero-order valence-electron chi connectivity index (χ0n) is 11.0. The second kappa shape index (κ2) is 8.17. The number of rotatable bonds is 10. The van der Waals surface area contributed by atoms with Gasteiger partial charge in [0.2, 0.25) is 5.54 Å². The number of aldehydes is 1. The van der Waals surface area contributed by atoms with Gasteiger partial charge >= 0.3 is 0 Å². The maximum Gasteiger partial charge on any atom is 0.220 e. The van der Waals surface area contributed by atoms with E-state index in [-0.39, 0.29) is 10.8 Å². The van der Waals surface area contributed by atoms with Crippen LogP contribution in [0.2, 0.25) is 0 Å². The van der Waals surface area contributed by atoms with Crippen molar-refractivity contribution < 1.29 is 14.5 Å². The van der Waals surface area contributed by atoms with Gasteiger partial charge in [-0.2, -0.15) is 0 Å². The van der Waals surface area contributed by atoms with Gasteiger partial charge in [0.1, 0.15) is 6.29 Å². The SMILES string of the molecule is CCCC(C)(CC(C=O)CCCOC)[N+](=O)[O-]. The molecule has 0 aromatic heterocycles. The van der Waals surface area contributed by atoms with E-state index in [1.807, 2.05) is 6.92 Å². The van der Waals surface area contributed by atoms with Crippen LogP contribution in [-0.2, 0) is 9.53 Å². The Bertz CT molecular complexity index is 245. The van der Waals surface area contributed by atoms with Gasteiger partial charge in [-0.15, -0.1) is 0 Å². The molecular weight excluding hydrogens is 222 g/mol. The summed E-state index contributed by atoms with van der Waals surface area (Å²) in [5.41, 5.74) is -0.979. The average Bonchev–Trinajstić information content (AvgIpc) is 2.28. The zero-order valence-corrected chi connectivity index (χ0v) is 11.0. The number of carbonyl (C=O) groups is 1. The van der Waals surface area contributed by atoms with Gasteiger partial charge in [0.05, 0.1) is 0 Å². The first-order chi connectivity index (χ1) is 8.00. The minimum absolute atomic E-state index is 0.243. The molecule has 2 atom stereocenters. The van der Waals surface area contributed by atoms with Gasteiger partial charge < -0.3 is 9.53 Å². The number of hydrogen-bond donors (Lipinski definition) is 0. The predicted molar refractivity (Wildman–Crippen MR) is 65.6 cm³/mol. The van der Waals surface area contributed by atoms with Crippen LogP contribution in [0.5, 0.6) is 0 Å². The molecule has 0 radical (unpaired) electrons. The Balaban J connectivity index is 4.38. The van der Waals surface area contributed by atoms with Gasteiger partial charge in [0, 0.05) is 44.3 Å². The van der Waals surface area contributed by atoms with Crippen LogP contribution in [0.3, 0.4) is 0 Å². The molecule has 5 heteroatoms. The number of nitro groups is 1. The molecule has 0 rings (SSSR count). The summed E-state index contributed by atoms with van der Waals surface area (Å²) in [6.07, 6.45) is 3.84. The molecule has 0 aliphatic rings. The molecular formula is C12H23NO4. The average molecular weight is 245 g/mol. The lowest BCUT2D eigenvalue weighted by Gasteiger charge is -2.23. The van der Waals surface area contributed by atoms with Crippen LogP contribution >= 0.6 is 0 Å². The summed E-state index contributed by atoms with van der Waals surface area (Å²) in [6, 6.07) is 0. The highest BCUT2D eigenvalue weighted by molar-refractivity contribution is 5.53. The van der Waals surface area contributed by atoms with Crippen molar-refractivity contribution in [2.24, 2.45) is 5.92 Å². The molecule has 100 valence electrons. The molecule has 0 heterocycles. The number of ether oxygens (including phenoxy) is 1. The highest BCUT2D eigenvalue weighted by Gasteiger charge is 2.38. The van der Waals surface area contributed by atoms with Gasteiger partial charge in [0.15, 0.2) is 0 Å². The molecule has 0 aromatic rings. The lowest BCUT2D eigenvalue weighted by Crippen LogP contribution is -2.37. The second-order valence-electron chi connectivity index (χ2n) is 4.74. The normalized spacial score (nSPS) is 16.2. The predicted octanol–water partition coefficient (Wildman–Crippen LogP) is 2.45. The van der Waals surface area contributed by atoms with E-state index < -0.39 is 5.54 Å². The van der Waals surface area contributed by atoms with E-state index in [2.05, 4.69) is 0 Å². The van der Waals surface area contributed by atoms with Crippen molar-refractivity contribution in [3.05, 3.63) is 10.1 Å². The van der Waals surface area contributed by atoms with Gasteiger partial charge in [-0.3, -0.25) is 10.1 Å². The summed E-state index contributed by atoms with van der Waals surface area (Å²) in [5.74, 6) is -0.243. The fourth-order valence-electron chi connectivity index (χ4n) is 2.08. The minimum Gasteiger partial charge on any atom is -0.385 e. The van der Waals surface area contributed by atoms with Crippen LogP contribution in [0.4, 0.5) is 0 Å². The Morgan fingerprint density at radius 3 is 2.59 bits per heavy atom. The monoisotopic (exact) mass is 245 g/mol. The molecule has 0 N–H and O–H groups in total. The molecule has 5 nitrogen and oxygen atoms in total. The van der Waals surface area contributed by atoms with E-state index in [0.717, 1.165) is 19.1 Å². The fourth-order valence-corrected chi connectivity index (χ4v) is 2.08. The third-order valence-corrected chi connectivity index (χ3v) is 3.05. The van der Waals surface area contributed by atoms with Crippen molar-refractivity contribution in [2.45, 2.75) is 51.5 Å². The zero-order chi connectivity index (χ0) is 13.3. The van der Waals surface area contributed by atoms with E-state index in [9.17, 15) is 14.9 Å². The highest BCUT2D eigenvalue weighted by Crippen LogP contribution is 2.26. The lowest BCUT2D eigenvalue weighted by molar-refractivity contribution is -0.568. The van der Waals surface area contributed by atoms with Gasteiger partial charge in [-0.05, 0) is 19.3 Å². The molecule has 0 spiro atoms. The number of methoxy groups -OCH3 is 1. The van der Waals surface area contributed by atoms with Crippen molar-refractivity contribution in [3.8, 4) is 0 Å². The quantitative estimate of drug-likeness (QED) is 0.256. The number of hydrogen-bond acceptors (Lipinski definition) is 4. The first kappa shape index (κ1) is 16.0. The fraction of sp³-hybridized carbons (Fsp3) is 0.917. The molecule has 0 saturated heterocycles. The molecule has 0 bridgehead atoms. The first-order valence-electron chi connectivity index (χ1n) is 6.09. The van der Waals surface area contributed by atoms with E-state index in [1.54, 1.807) is 14.0 Å². The maximum absolute atomic E-state index is 11.1. The van der Waals surface area contributed by atoms with Crippen molar-refractivity contribution in [1.29, 1.82) is 0 Å². The summed E-state index contributed by atoms with van der Waals surface area (Å²) >= 11 is 0. The van der Waals surface area contributed by atoms with Crippen molar-refractivity contribution in [2.75, 3.05) is 13.7 Å². The van der Waals surface area contributed by atoms with Crippen molar-refractivity contribution >= 4 is 6.29 Å². The van der Waals surface area contributed by atoms with Crippen LogP contribution < -0.4 is 0 Å². The Morgan fingerprint density at radius 1 is 1.53 bits per heavy atom. The molecule has 0 fully saturated rings. The van der Waals surface area contributed by atoms with E-state index in [4.69, 9.17) is 4.74 Å². The molecule has 0 saturated carbocycles. The van der Waals surface area contributed by atoms with Crippen molar-refractivity contribution in [3.63, 3.8) is 0 Å². The topological polar surface area (TPSA) is 69.4 Å². The minimum atomic E-state index is -0.979. The van der Waals surface area contributed by atoms with Crippen LogP contribution in [-0.4, -0.2) is 30.5 Å². The molecule has 17 heavy (non-hydrogen) atoms. The van der Waals surface area contributed by atoms with Gasteiger partial charge in [0.25, 0.3) is 0 Å². The van der Waals surface area contributed by atoms with E-state index in [1.165, 1.54) is 0 Å². The van der Waals surface area contributed by atoms with E-state index >= 15 is 0 Å². The largest absolute Gasteiger partial charge is 0.385 e. The Hall–Kier alpha value is -0.970. The Morgan fingerprint density at radius 2 is 2.18 bits per heavy atom. The summed E-state index contributed by atoms with van der Waals surface area (Å²) < 4.78 is 4.91. The first-order valence-corrected chi connectivity index (χ1v) is 6.09. The molecule has 0 aliphatic carbocycles. The standard InChI is InChI=1S/C12H23NO4/c1-4-7-12(2,13(15)16)9-11(10-14)6-5-8-17-3/h10-11H,4-9H2,1-3H3. The smallest absolute Gasteiger partial charge is 0.220 e. The third kappa shape index (κ3) is 5.77. The third-order valence-electron chi connectivity index (χ3n) is 3.05. The molecule has 2 unspecified atom stereocenters. The van der Waals surface area contributed by atoms with Crippen LogP contribution in [0.15, 0.2) is 0 Å². The van der Waals surface area contributed by atoms with Crippen LogP contribution in [0.1, 0.15) is 46.0 Å². The summed E-state index contributed by atoms with van der Waals surface area (Å²) in [4.78, 5) is 21.8. The Labute approximate surface area is 103 Å². The summed E-state index contributed by atoms with van der Waals surface area (Å²) in [5, 5.41) is 11.1. The lowest BCUT2D eigenvalue weighted by atomic mass is 9.84. The number of nitrogens with zero attached hydrogens (tertiary/aromatic N) is 1. The van der Waals surface area contributed by atoms with Crippen LogP contribution in [0, 0.1) is 16.0 Å². The highest BCUT2D eigenvalue weighted by atomic mass is 16.6. The second-order valence-corrected chi connectivity index (χ2v) is 4.74. The summed E-state index contributed by atoms with van der Waals surface area (Å²) in [6.45, 7) is 4.14. The molecule has 0 amide bonds. The summed E-state index contributed by atoms with van der Waals surface area (Å²) in [7, 11) is 1.61. The Kier molecular flexibility index (Phi) is 7.70. The van der Waals surface area contributed by atoms with E-state index in [0.29, 0.717) is 25.9 Å². The maximum atomic E-state index is 11.1.